The second-order valence-electron chi connectivity index (χ2n) is 9.38. The molecule has 2 fully saturated rings. The van der Waals surface area contributed by atoms with Crippen LogP contribution in [0.2, 0.25) is 0 Å². The van der Waals surface area contributed by atoms with E-state index in [1.165, 1.54) is 18.2 Å². The number of thioether (sulfide) groups is 1. The summed E-state index contributed by atoms with van der Waals surface area (Å²) >= 11 is 7.07. The van der Waals surface area contributed by atoms with Crippen molar-refractivity contribution in [3.63, 3.8) is 0 Å². The minimum absolute atomic E-state index is 0.0235. The van der Waals surface area contributed by atoms with E-state index in [0.29, 0.717) is 15.8 Å². The maximum atomic E-state index is 13.5. The zero-order valence-electron chi connectivity index (χ0n) is 20.8. The third-order valence-electron chi connectivity index (χ3n) is 6.74. The fourth-order valence-electron chi connectivity index (χ4n) is 4.90. The minimum atomic E-state index is 0.0235. The maximum absolute atomic E-state index is 13.5. The monoisotopic (exact) mass is 517 g/mol. The van der Waals surface area contributed by atoms with Crippen LogP contribution in [0.25, 0.3) is 23.0 Å². The number of ether oxygens (including phenoxy) is 1. The summed E-state index contributed by atoms with van der Waals surface area (Å²) in [6, 6.07) is 16.4. The number of aryl methyl sites for hydroxylation is 1. The first kappa shape index (κ1) is 24.8. The molecule has 0 unspecified atom stereocenters. The topological polar surface area (TPSA) is 47.4 Å². The van der Waals surface area contributed by atoms with Crippen LogP contribution in [0.5, 0.6) is 5.75 Å². The highest BCUT2D eigenvalue weighted by Crippen LogP contribution is 2.39. The molecule has 1 aliphatic carbocycles. The van der Waals surface area contributed by atoms with Gasteiger partial charge in [-0.15, -0.1) is 0 Å². The molecule has 36 heavy (non-hydrogen) atoms. The lowest BCUT2D eigenvalue weighted by Crippen LogP contribution is -2.39. The average molecular weight is 518 g/mol. The second kappa shape index (κ2) is 11.0. The lowest BCUT2D eigenvalue weighted by Gasteiger charge is -2.29. The number of aromatic nitrogens is 2. The summed E-state index contributed by atoms with van der Waals surface area (Å²) in [5, 5.41) is 4.96. The van der Waals surface area contributed by atoms with Gasteiger partial charge in [-0.1, -0.05) is 68.4 Å². The summed E-state index contributed by atoms with van der Waals surface area (Å²) in [5.74, 6) is 0.880. The number of nitrogens with zero attached hydrogens (tertiary/aromatic N) is 3. The summed E-state index contributed by atoms with van der Waals surface area (Å²) in [4.78, 5) is 16.0. The van der Waals surface area contributed by atoms with Crippen LogP contribution in [0.15, 0.2) is 59.6 Å². The first-order chi connectivity index (χ1) is 17.5. The molecule has 1 amide bonds. The van der Waals surface area contributed by atoms with Crippen LogP contribution in [0.3, 0.4) is 0 Å². The molecule has 3 aromatic rings. The highest BCUT2D eigenvalue weighted by Gasteiger charge is 2.37. The standard InChI is InChI=1S/C29H31N3O2S2/c1-3-16-34-24-14-15-25(20(2)17-24)27-21(19-31(30-27)22-10-6-4-7-11-22)18-26-28(33)32(29(35)36-26)23-12-8-5-9-13-23/h4,6-7,10-11,14-15,17-19,23H,3,5,8-9,12-13,16H2,1-2H3/b26-18+. The van der Waals surface area contributed by atoms with Gasteiger partial charge in [0.2, 0.25) is 0 Å². The van der Waals surface area contributed by atoms with Gasteiger partial charge in [-0.25, -0.2) is 4.68 Å². The van der Waals surface area contributed by atoms with Gasteiger partial charge in [-0.05, 0) is 68.2 Å². The summed E-state index contributed by atoms with van der Waals surface area (Å²) in [6.45, 7) is 4.86. The van der Waals surface area contributed by atoms with Crippen LogP contribution >= 0.6 is 24.0 Å². The molecule has 1 saturated carbocycles. The average Bonchev–Trinajstić information content (AvgIpc) is 3.44. The van der Waals surface area contributed by atoms with Gasteiger partial charge in [0.15, 0.2) is 0 Å². The van der Waals surface area contributed by atoms with E-state index in [1.54, 1.807) is 0 Å². The van der Waals surface area contributed by atoms with Crippen molar-refractivity contribution in [2.24, 2.45) is 0 Å². The normalized spacial score (nSPS) is 17.8. The van der Waals surface area contributed by atoms with Gasteiger partial charge in [0, 0.05) is 23.4 Å². The molecule has 186 valence electrons. The summed E-state index contributed by atoms with van der Waals surface area (Å²) in [7, 11) is 0. The van der Waals surface area contributed by atoms with Gasteiger partial charge < -0.3 is 4.74 Å². The Morgan fingerprint density at radius 3 is 2.64 bits per heavy atom. The molecule has 5 rings (SSSR count). The number of hydrogen-bond donors (Lipinski definition) is 0. The Morgan fingerprint density at radius 2 is 1.92 bits per heavy atom. The van der Waals surface area contributed by atoms with Gasteiger partial charge in [-0.2, -0.15) is 5.10 Å². The van der Waals surface area contributed by atoms with Crippen molar-refractivity contribution in [1.82, 2.24) is 14.7 Å². The Labute approximate surface area is 222 Å². The number of benzene rings is 2. The van der Waals surface area contributed by atoms with Crippen molar-refractivity contribution in [1.29, 1.82) is 0 Å². The van der Waals surface area contributed by atoms with E-state index in [-0.39, 0.29) is 11.9 Å². The molecule has 2 heterocycles. The molecular formula is C29H31N3O2S2. The second-order valence-corrected chi connectivity index (χ2v) is 11.1. The third kappa shape index (κ3) is 5.13. The van der Waals surface area contributed by atoms with E-state index >= 15 is 0 Å². The van der Waals surface area contributed by atoms with Crippen LogP contribution in [-0.4, -0.2) is 37.6 Å². The Kier molecular flexibility index (Phi) is 7.58. The number of hydrogen-bond acceptors (Lipinski definition) is 5. The predicted octanol–water partition coefficient (Wildman–Crippen LogP) is 7.17. The summed E-state index contributed by atoms with van der Waals surface area (Å²) < 4.78 is 8.38. The van der Waals surface area contributed by atoms with Gasteiger partial charge in [0.25, 0.3) is 5.91 Å². The molecule has 1 aliphatic heterocycles. The lowest BCUT2D eigenvalue weighted by atomic mass is 9.94. The molecule has 0 radical (unpaired) electrons. The Hall–Kier alpha value is -2.90. The first-order valence-electron chi connectivity index (χ1n) is 12.7. The van der Waals surface area contributed by atoms with Crippen molar-refractivity contribution >= 4 is 40.3 Å². The van der Waals surface area contributed by atoms with Crippen LogP contribution < -0.4 is 4.74 Å². The lowest BCUT2D eigenvalue weighted by molar-refractivity contribution is -0.124. The molecule has 1 aromatic heterocycles. The number of para-hydroxylation sites is 1. The van der Waals surface area contributed by atoms with Crippen molar-refractivity contribution in [2.45, 2.75) is 58.4 Å². The van der Waals surface area contributed by atoms with E-state index in [4.69, 9.17) is 22.1 Å². The highest BCUT2D eigenvalue weighted by atomic mass is 32.2. The molecular weight excluding hydrogens is 486 g/mol. The van der Waals surface area contributed by atoms with Crippen LogP contribution in [-0.2, 0) is 4.79 Å². The smallest absolute Gasteiger partial charge is 0.266 e. The van der Waals surface area contributed by atoms with Gasteiger partial charge in [-0.3, -0.25) is 9.69 Å². The van der Waals surface area contributed by atoms with E-state index < -0.39 is 0 Å². The minimum Gasteiger partial charge on any atom is -0.494 e. The Morgan fingerprint density at radius 1 is 1.14 bits per heavy atom. The van der Waals surface area contributed by atoms with Crippen molar-refractivity contribution in [3.05, 3.63) is 70.8 Å². The van der Waals surface area contributed by atoms with Crippen LogP contribution in [0, 0.1) is 6.92 Å². The van der Waals surface area contributed by atoms with Crippen LogP contribution in [0.4, 0.5) is 0 Å². The predicted molar refractivity (Wildman–Crippen MR) is 151 cm³/mol. The highest BCUT2D eigenvalue weighted by molar-refractivity contribution is 8.26. The largest absolute Gasteiger partial charge is 0.494 e. The third-order valence-corrected chi connectivity index (χ3v) is 8.07. The fraction of sp³-hybridized carbons (Fsp3) is 0.345. The quantitative estimate of drug-likeness (QED) is 0.246. The molecule has 5 nitrogen and oxygen atoms in total. The van der Waals surface area contributed by atoms with Crippen LogP contribution in [0.1, 0.15) is 56.6 Å². The number of carbonyl (C=O) groups excluding carboxylic acids is 1. The number of amides is 1. The van der Waals surface area contributed by atoms with E-state index in [0.717, 1.165) is 65.9 Å². The number of rotatable bonds is 7. The zero-order valence-corrected chi connectivity index (χ0v) is 22.4. The van der Waals surface area contributed by atoms with Crippen molar-refractivity contribution in [3.8, 4) is 22.7 Å². The molecule has 2 aliphatic rings. The molecule has 0 bridgehead atoms. The molecule has 0 N–H and O–H groups in total. The number of carbonyl (C=O) groups is 1. The molecule has 1 saturated heterocycles. The zero-order chi connectivity index (χ0) is 25.1. The van der Waals surface area contributed by atoms with Crippen molar-refractivity contribution < 1.29 is 9.53 Å². The van der Waals surface area contributed by atoms with Gasteiger partial charge in [0.05, 0.1) is 17.2 Å². The first-order valence-corrected chi connectivity index (χ1v) is 13.9. The Bertz CT molecular complexity index is 1290. The van der Waals surface area contributed by atoms with E-state index in [2.05, 4.69) is 26.0 Å². The molecule has 0 spiro atoms. The molecule has 7 heteroatoms. The van der Waals surface area contributed by atoms with Gasteiger partial charge in [0.1, 0.15) is 15.8 Å². The van der Waals surface area contributed by atoms with Crippen molar-refractivity contribution in [2.75, 3.05) is 6.61 Å². The van der Waals surface area contributed by atoms with Gasteiger partial charge >= 0.3 is 0 Å². The summed E-state index contributed by atoms with van der Waals surface area (Å²) in [5.41, 5.74) is 4.79. The number of thiocarbonyl (C=S) groups is 1. The van der Waals surface area contributed by atoms with E-state index in [9.17, 15) is 4.79 Å². The molecule has 2 aromatic carbocycles. The SMILES string of the molecule is CCCOc1ccc(-c2nn(-c3ccccc3)cc2/C=C2/SC(=S)N(C3CCCCC3)C2=O)c(C)c1. The summed E-state index contributed by atoms with van der Waals surface area (Å²) in [6.07, 6.45) is 10.5. The molecule has 0 atom stereocenters. The van der Waals surface area contributed by atoms with E-state index in [1.807, 2.05) is 58.3 Å². The fourth-order valence-corrected chi connectivity index (χ4v) is 6.29. The maximum Gasteiger partial charge on any atom is 0.266 e. The Balaban J connectivity index is 1.53.